The van der Waals surface area contributed by atoms with E-state index in [4.69, 9.17) is 0 Å². The van der Waals surface area contributed by atoms with E-state index in [9.17, 15) is 4.79 Å². The molecular weight excluding hydrogens is 482 g/mol. The van der Waals surface area contributed by atoms with Crippen LogP contribution in [0.25, 0.3) is 17.0 Å². The molecule has 0 radical (unpaired) electrons. The van der Waals surface area contributed by atoms with Gasteiger partial charge in [0.1, 0.15) is 5.69 Å². The van der Waals surface area contributed by atoms with Crippen LogP contribution in [0.3, 0.4) is 0 Å². The SMILES string of the molecule is CCn1cc(Br)c(-c2ccnc3cc(C(=O)N4CCN(Cc5cccc(C)c5)CC4)nn23)n1. The first-order chi connectivity index (χ1) is 16.0. The number of hydrogen-bond donors (Lipinski definition) is 0. The van der Waals surface area contributed by atoms with Gasteiger partial charge in [-0.2, -0.15) is 10.2 Å². The van der Waals surface area contributed by atoms with E-state index >= 15 is 0 Å². The quantitative estimate of drug-likeness (QED) is 0.412. The van der Waals surface area contributed by atoms with Gasteiger partial charge in [0.25, 0.3) is 5.91 Å². The summed E-state index contributed by atoms with van der Waals surface area (Å²) in [7, 11) is 0. The number of piperazine rings is 1. The third-order valence-electron chi connectivity index (χ3n) is 6.01. The van der Waals surface area contributed by atoms with Crippen LogP contribution in [-0.2, 0) is 13.1 Å². The zero-order chi connectivity index (χ0) is 22.9. The highest BCUT2D eigenvalue weighted by atomic mass is 79.9. The first-order valence-electron chi connectivity index (χ1n) is 11.2. The molecule has 1 amide bonds. The second-order valence-corrected chi connectivity index (χ2v) is 9.22. The highest BCUT2D eigenvalue weighted by Gasteiger charge is 2.25. The van der Waals surface area contributed by atoms with E-state index in [1.54, 1.807) is 16.8 Å². The van der Waals surface area contributed by atoms with Crippen LogP contribution in [0.5, 0.6) is 0 Å². The fraction of sp³-hybridized carbons (Fsp3) is 0.333. The summed E-state index contributed by atoms with van der Waals surface area (Å²) >= 11 is 3.59. The molecule has 9 heteroatoms. The monoisotopic (exact) mass is 507 g/mol. The minimum Gasteiger partial charge on any atom is -0.335 e. The molecule has 4 aromatic rings. The third kappa shape index (κ3) is 4.43. The van der Waals surface area contributed by atoms with Gasteiger partial charge in [0.05, 0.1) is 10.2 Å². The molecule has 8 nitrogen and oxygen atoms in total. The van der Waals surface area contributed by atoms with Gasteiger partial charge in [-0.05, 0) is 41.4 Å². The Labute approximate surface area is 201 Å². The predicted octanol–water partition coefficient (Wildman–Crippen LogP) is 3.64. The fourth-order valence-corrected chi connectivity index (χ4v) is 4.77. The second kappa shape index (κ2) is 9.07. The lowest BCUT2D eigenvalue weighted by atomic mass is 10.1. The Hall–Kier alpha value is -3.04. The molecule has 5 rings (SSSR count). The topological polar surface area (TPSA) is 71.6 Å². The third-order valence-corrected chi connectivity index (χ3v) is 6.59. The Balaban J connectivity index is 1.32. The van der Waals surface area contributed by atoms with Gasteiger partial charge >= 0.3 is 0 Å². The highest BCUT2D eigenvalue weighted by Crippen LogP contribution is 2.27. The van der Waals surface area contributed by atoms with E-state index in [0.717, 1.165) is 42.0 Å². The maximum atomic E-state index is 13.2. The number of hydrogen-bond acceptors (Lipinski definition) is 5. The van der Waals surface area contributed by atoms with E-state index in [1.807, 2.05) is 28.8 Å². The van der Waals surface area contributed by atoms with Crippen molar-refractivity contribution in [2.24, 2.45) is 0 Å². The Morgan fingerprint density at radius 1 is 1.09 bits per heavy atom. The van der Waals surface area contributed by atoms with Gasteiger partial charge in [0.2, 0.25) is 0 Å². The molecule has 170 valence electrons. The van der Waals surface area contributed by atoms with Gasteiger partial charge in [0, 0.05) is 57.7 Å². The standard InChI is InChI=1S/C24H26BrN7O/c1-3-31-16-19(25)23(28-31)21-7-8-26-22-14-20(27-32(21)22)24(33)30-11-9-29(10-12-30)15-18-6-4-5-17(2)13-18/h4-8,13-14,16H,3,9-12,15H2,1-2H3. The van der Waals surface area contributed by atoms with Gasteiger partial charge in [-0.25, -0.2) is 9.50 Å². The maximum Gasteiger partial charge on any atom is 0.274 e. The molecule has 0 aliphatic carbocycles. The Bertz CT molecular complexity index is 1300. The molecule has 33 heavy (non-hydrogen) atoms. The van der Waals surface area contributed by atoms with Crippen LogP contribution < -0.4 is 0 Å². The molecular formula is C24H26BrN7O. The summed E-state index contributed by atoms with van der Waals surface area (Å²) in [6.45, 7) is 8.89. The van der Waals surface area contributed by atoms with Crippen molar-refractivity contribution in [3.05, 3.63) is 70.1 Å². The number of benzene rings is 1. The minimum atomic E-state index is -0.0557. The summed E-state index contributed by atoms with van der Waals surface area (Å²) in [5.41, 5.74) is 5.19. The van der Waals surface area contributed by atoms with Crippen LogP contribution in [0.1, 0.15) is 28.5 Å². The molecule has 0 unspecified atom stereocenters. The van der Waals surface area contributed by atoms with Crippen molar-refractivity contribution in [2.75, 3.05) is 26.2 Å². The van der Waals surface area contributed by atoms with Crippen LogP contribution >= 0.6 is 15.9 Å². The summed E-state index contributed by atoms with van der Waals surface area (Å²) < 4.78 is 4.44. The van der Waals surface area contributed by atoms with Crippen molar-refractivity contribution in [3.63, 3.8) is 0 Å². The molecule has 1 aromatic carbocycles. The van der Waals surface area contributed by atoms with Gasteiger partial charge in [0.15, 0.2) is 11.3 Å². The van der Waals surface area contributed by atoms with Crippen LogP contribution in [-0.4, -0.2) is 66.3 Å². The number of rotatable bonds is 5. The van der Waals surface area contributed by atoms with E-state index in [1.165, 1.54) is 11.1 Å². The van der Waals surface area contributed by atoms with E-state index in [0.29, 0.717) is 24.4 Å². The van der Waals surface area contributed by atoms with E-state index in [2.05, 4.69) is 67.2 Å². The lowest BCUT2D eigenvalue weighted by molar-refractivity contribution is 0.0622. The molecule has 0 N–H and O–H groups in total. The van der Waals surface area contributed by atoms with Crippen molar-refractivity contribution >= 4 is 27.5 Å². The lowest BCUT2D eigenvalue weighted by Gasteiger charge is -2.34. The number of halogens is 1. The Morgan fingerprint density at radius 2 is 1.91 bits per heavy atom. The first kappa shape index (κ1) is 21.8. The molecule has 0 bridgehead atoms. The number of carbonyl (C=O) groups excluding carboxylic acids is 1. The lowest BCUT2D eigenvalue weighted by Crippen LogP contribution is -2.48. The number of aromatic nitrogens is 5. The number of fused-ring (bicyclic) bond motifs is 1. The average Bonchev–Trinajstić information content (AvgIpc) is 3.42. The molecule has 0 spiro atoms. The Morgan fingerprint density at radius 3 is 2.64 bits per heavy atom. The number of aryl methyl sites for hydroxylation is 2. The normalized spacial score (nSPS) is 14.8. The van der Waals surface area contributed by atoms with Gasteiger partial charge in [-0.1, -0.05) is 29.8 Å². The molecule has 4 heterocycles. The zero-order valence-corrected chi connectivity index (χ0v) is 20.4. The Kier molecular flexibility index (Phi) is 5.99. The molecule has 0 atom stereocenters. The van der Waals surface area contributed by atoms with Crippen LogP contribution in [0.4, 0.5) is 0 Å². The van der Waals surface area contributed by atoms with Gasteiger partial charge < -0.3 is 4.90 Å². The molecule has 1 fully saturated rings. The average molecular weight is 508 g/mol. The summed E-state index contributed by atoms with van der Waals surface area (Å²) in [6, 6.07) is 12.2. The van der Waals surface area contributed by atoms with Crippen molar-refractivity contribution in [2.45, 2.75) is 26.9 Å². The highest BCUT2D eigenvalue weighted by molar-refractivity contribution is 9.10. The van der Waals surface area contributed by atoms with Crippen LogP contribution in [0.2, 0.25) is 0 Å². The zero-order valence-electron chi connectivity index (χ0n) is 18.8. The molecule has 3 aromatic heterocycles. The van der Waals surface area contributed by atoms with E-state index in [-0.39, 0.29) is 5.91 Å². The molecule has 1 aliphatic rings. The molecule has 0 saturated carbocycles. The second-order valence-electron chi connectivity index (χ2n) is 8.37. The van der Waals surface area contributed by atoms with Crippen molar-refractivity contribution < 1.29 is 4.79 Å². The smallest absolute Gasteiger partial charge is 0.274 e. The number of amides is 1. The summed E-state index contributed by atoms with van der Waals surface area (Å²) in [5, 5.41) is 9.24. The van der Waals surface area contributed by atoms with Crippen LogP contribution in [0.15, 0.2) is 53.3 Å². The van der Waals surface area contributed by atoms with Gasteiger partial charge in [-0.3, -0.25) is 14.4 Å². The largest absolute Gasteiger partial charge is 0.335 e. The van der Waals surface area contributed by atoms with Gasteiger partial charge in [-0.15, -0.1) is 0 Å². The van der Waals surface area contributed by atoms with Crippen LogP contribution in [0, 0.1) is 6.92 Å². The minimum absolute atomic E-state index is 0.0557. The molecule has 1 saturated heterocycles. The van der Waals surface area contributed by atoms with Crippen molar-refractivity contribution in [1.29, 1.82) is 0 Å². The summed E-state index contributed by atoms with van der Waals surface area (Å²) in [4.78, 5) is 21.9. The predicted molar refractivity (Wildman–Crippen MR) is 130 cm³/mol. The van der Waals surface area contributed by atoms with Crippen molar-refractivity contribution in [3.8, 4) is 11.4 Å². The van der Waals surface area contributed by atoms with E-state index < -0.39 is 0 Å². The maximum absolute atomic E-state index is 13.2. The summed E-state index contributed by atoms with van der Waals surface area (Å²) in [6.07, 6.45) is 3.66. The number of carbonyl (C=O) groups is 1. The fourth-order valence-electron chi connectivity index (χ4n) is 4.25. The first-order valence-corrected chi connectivity index (χ1v) is 12.0. The number of nitrogens with zero attached hydrogens (tertiary/aromatic N) is 7. The van der Waals surface area contributed by atoms with Crippen molar-refractivity contribution in [1.82, 2.24) is 34.2 Å². The molecule has 1 aliphatic heterocycles. The summed E-state index contributed by atoms with van der Waals surface area (Å²) in [5.74, 6) is -0.0557.